The molecule has 3 rings (SSSR count). The largest absolute Gasteiger partial charge is 0.493 e. The Morgan fingerprint density at radius 2 is 1.82 bits per heavy atom. The molecule has 1 unspecified atom stereocenters. The van der Waals surface area contributed by atoms with Crippen molar-refractivity contribution < 1.29 is 4.74 Å². The van der Waals surface area contributed by atoms with Crippen molar-refractivity contribution in [3.05, 3.63) is 29.8 Å². The number of hydrogen-bond acceptors (Lipinski definition) is 2. The van der Waals surface area contributed by atoms with E-state index in [9.17, 15) is 0 Å². The molecule has 0 radical (unpaired) electrons. The Morgan fingerprint density at radius 3 is 2.50 bits per heavy atom. The van der Waals surface area contributed by atoms with Crippen LogP contribution in [0.1, 0.15) is 56.9 Å². The molecule has 2 N–H and O–H groups in total. The molecule has 1 atom stereocenters. The van der Waals surface area contributed by atoms with E-state index in [1.165, 1.54) is 56.9 Å². The third-order valence-electron chi connectivity index (χ3n) is 5.45. The molecule has 2 fully saturated rings. The quantitative estimate of drug-likeness (QED) is 0.749. The first-order chi connectivity index (χ1) is 10.8. The Hall–Kier alpha value is -1.02. The fourth-order valence-electron chi connectivity index (χ4n) is 3.82. The molecule has 122 valence electrons. The first-order valence-corrected chi connectivity index (χ1v) is 9.27. The van der Waals surface area contributed by atoms with Crippen LogP contribution in [0.3, 0.4) is 0 Å². The molecule has 1 aromatic carbocycles. The van der Waals surface area contributed by atoms with Gasteiger partial charge in [-0.05, 0) is 74.1 Å². The van der Waals surface area contributed by atoms with Gasteiger partial charge in [0, 0.05) is 0 Å². The molecule has 2 nitrogen and oxygen atoms in total. The lowest BCUT2D eigenvalue weighted by molar-refractivity contribution is 0.233. The van der Waals surface area contributed by atoms with Crippen LogP contribution in [-0.4, -0.2) is 13.2 Å². The summed E-state index contributed by atoms with van der Waals surface area (Å²) in [5.41, 5.74) is 7.33. The molecule has 0 aromatic heterocycles. The molecule has 2 heteroatoms. The number of hydrogen-bond donors (Lipinski definition) is 1. The van der Waals surface area contributed by atoms with Crippen molar-refractivity contribution in [3.8, 4) is 5.75 Å². The van der Waals surface area contributed by atoms with Crippen LogP contribution in [0, 0.1) is 17.8 Å². The first-order valence-electron chi connectivity index (χ1n) is 9.27. The third-order valence-corrected chi connectivity index (χ3v) is 5.45. The normalized spacial score (nSPS) is 21.3. The Morgan fingerprint density at radius 1 is 1.05 bits per heavy atom. The van der Waals surface area contributed by atoms with Gasteiger partial charge < -0.3 is 10.5 Å². The second-order valence-electron chi connectivity index (χ2n) is 7.35. The lowest BCUT2D eigenvalue weighted by Crippen LogP contribution is -2.18. The summed E-state index contributed by atoms with van der Waals surface area (Å²) in [6.07, 6.45) is 12.1. The van der Waals surface area contributed by atoms with Gasteiger partial charge in [-0.3, -0.25) is 0 Å². The fourth-order valence-corrected chi connectivity index (χ4v) is 3.82. The maximum absolute atomic E-state index is 6.10. The van der Waals surface area contributed by atoms with Crippen LogP contribution in [0.5, 0.6) is 5.75 Å². The Bertz CT molecular complexity index is 447. The van der Waals surface area contributed by atoms with E-state index >= 15 is 0 Å². The molecule has 0 bridgehead atoms. The van der Waals surface area contributed by atoms with Crippen LogP contribution in [0.15, 0.2) is 24.3 Å². The van der Waals surface area contributed by atoms with Crippen molar-refractivity contribution in [2.75, 3.05) is 13.2 Å². The summed E-state index contributed by atoms with van der Waals surface area (Å²) in [5, 5.41) is 0. The summed E-state index contributed by atoms with van der Waals surface area (Å²) in [7, 11) is 0. The van der Waals surface area contributed by atoms with E-state index in [1.54, 1.807) is 0 Å². The van der Waals surface area contributed by atoms with Crippen molar-refractivity contribution in [3.63, 3.8) is 0 Å². The van der Waals surface area contributed by atoms with Gasteiger partial charge in [0.1, 0.15) is 5.75 Å². The summed E-state index contributed by atoms with van der Waals surface area (Å²) < 4.78 is 6.10. The van der Waals surface area contributed by atoms with Crippen LogP contribution in [0.4, 0.5) is 0 Å². The van der Waals surface area contributed by atoms with Gasteiger partial charge in [-0.2, -0.15) is 0 Å². The summed E-state index contributed by atoms with van der Waals surface area (Å²) in [4.78, 5) is 0. The van der Waals surface area contributed by atoms with E-state index in [0.717, 1.165) is 37.2 Å². The second-order valence-corrected chi connectivity index (χ2v) is 7.35. The highest BCUT2D eigenvalue weighted by molar-refractivity contribution is 5.29. The van der Waals surface area contributed by atoms with Gasteiger partial charge in [0.05, 0.1) is 6.61 Å². The maximum atomic E-state index is 6.10. The Kier molecular flexibility index (Phi) is 5.77. The molecule has 2 aliphatic carbocycles. The van der Waals surface area contributed by atoms with Crippen LogP contribution < -0.4 is 10.5 Å². The molecular weight excluding hydrogens is 270 g/mol. The van der Waals surface area contributed by atoms with E-state index in [4.69, 9.17) is 10.5 Å². The van der Waals surface area contributed by atoms with E-state index in [2.05, 4.69) is 24.3 Å². The van der Waals surface area contributed by atoms with Crippen LogP contribution in [0.2, 0.25) is 0 Å². The van der Waals surface area contributed by atoms with Gasteiger partial charge in [-0.25, -0.2) is 0 Å². The van der Waals surface area contributed by atoms with Crippen LogP contribution >= 0.6 is 0 Å². The minimum atomic E-state index is 0.664. The molecule has 0 aliphatic heterocycles. The Balaban J connectivity index is 1.51. The highest BCUT2D eigenvalue weighted by Gasteiger charge is 2.30. The molecular formula is C20H31NO. The monoisotopic (exact) mass is 301 g/mol. The van der Waals surface area contributed by atoms with Gasteiger partial charge in [-0.15, -0.1) is 0 Å². The van der Waals surface area contributed by atoms with E-state index < -0.39 is 0 Å². The highest BCUT2D eigenvalue weighted by atomic mass is 16.5. The van der Waals surface area contributed by atoms with Crippen LogP contribution in [0.25, 0.3) is 0 Å². The lowest BCUT2D eigenvalue weighted by Gasteiger charge is -2.17. The van der Waals surface area contributed by atoms with Crippen molar-refractivity contribution >= 4 is 0 Å². The predicted molar refractivity (Wildman–Crippen MR) is 92.1 cm³/mol. The standard InChI is InChI=1S/C20H31NO/c21-14-19(18-10-11-18)12-17-8-5-9-20(13-17)22-15-16-6-3-1-2-4-7-16/h5,8-9,13,16,18-19H,1-4,6-7,10-12,14-15,21H2. The highest BCUT2D eigenvalue weighted by Crippen LogP contribution is 2.38. The zero-order chi connectivity index (χ0) is 15.2. The summed E-state index contributed by atoms with van der Waals surface area (Å²) >= 11 is 0. The molecule has 2 aliphatic rings. The van der Waals surface area contributed by atoms with E-state index in [1.807, 2.05) is 0 Å². The molecule has 0 amide bonds. The second kappa shape index (κ2) is 8.01. The van der Waals surface area contributed by atoms with E-state index in [0.29, 0.717) is 5.92 Å². The lowest BCUT2D eigenvalue weighted by atomic mass is 9.95. The summed E-state index contributed by atoms with van der Waals surface area (Å²) in [5.74, 6) is 3.35. The van der Waals surface area contributed by atoms with Gasteiger partial charge in [0.25, 0.3) is 0 Å². The summed E-state index contributed by atoms with van der Waals surface area (Å²) in [6.45, 7) is 1.71. The molecule has 0 spiro atoms. The minimum absolute atomic E-state index is 0.664. The van der Waals surface area contributed by atoms with Crippen molar-refractivity contribution in [2.24, 2.45) is 23.5 Å². The van der Waals surface area contributed by atoms with Gasteiger partial charge >= 0.3 is 0 Å². The number of ether oxygens (including phenoxy) is 1. The van der Waals surface area contributed by atoms with Gasteiger partial charge in [0.2, 0.25) is 0 Å². The predicted octanol–water partition coefficient (Wildman–Crippen LogP) is 4.56. The van der Waals surface area contributed by atoms with Gasteiger partial charge in [0.15, 0.2) is 0 Å². The first kappa shape index (κ1) is 15.9. The molecule has 22 heavy (non-hydrogen) atoms. The zero-order valence-electron chi connectivity index (χ0n) is 13.8. The zero-order valence-corrected chi connectivity index (χ0v) is 13.8. The Labute approximate surface area is 135 Å². The SMILES string of the molecule is NCC(Cc1cccc(OCC2CCCCCC2)c1)C1CC1. The average molecular weight is 301 g/mol. The van der Waals surface area contributed by atoms with Crippen LogP contribution in [-0.2, 0) is 6.42 Å². The fraction of sp³-hybridized carbons (Fsp3) is 0.700. The average Bonchev–Trinajstić information content (AvgIpc) is 3.38. The topological polar surface area (TPSA) is 35.2 Å². The number of rotatable bonds is 7. The van der Waals surface area contributed by atoms with Gasteiger partial charge in [-0.1, -0.05) is 37.8 Å². The minimum Gasteiger partial charge on any atom is -0.493 e. The molecule has 0 heterocycles. The maximum Gasteiger partial charge on any atom is 0.119 e. The third kappa shape index (κ3) is 4.74. The van der Waals surface area contributed by atoms with E-state index in [-0.39, 0.29) is 0 Å². The summed E-state index contributed by atoms with van der Waals surface area (Å²) in [6, 6.07) is 8.71. The molecule has 2 saturated carbocycles. The number of nitrogens with two attached hydrogens (primary N) is 1. The number of benzene rings is 1. The van der Waals surface area contributed by atoms with Crippen molar-refractivity contribution in [2.45, 2.75) is 57.8 Å². The smallest absolute Gasteiger partial charge is 0.119 e. The molecule has 1 aromatic rings. The van der Waals surface area contributed by atoms with Crippen molar-refractivity contribution in [1.29, 1.82) is 0 Å². The van der Waals surface area contributed by atoms with Crippen molar-refractivity contribution in [1.82, 2.24) is 0 Å². The molecule has 0 saturated heterocycles.